The first-order valence-corrected chi connectivity index (χ1v) is 5.80. The smallest absolute Gasteiger partial charge is 0.235 e. The standard InChI is InChI=1S/C14H19NO/c1-8(2)14(5)11-7-9(3)6-10(4)12(11)15-13(14)16/h6-8H,1-5H3,(H,15,16). The van der Waals surface area contributed by atoms with Gasteiger partial charge in [-0.2, -0.15) is 0 Å². The molecule has 1 aromatic carbocycles. The van der Waals surface area contributed by atoms with Gasteiger partial charge in [-0.1, -0.05) is 31.5 Å². The third kappa shape index (κ3) is 1.29. The molecule has 86 valence electrons. The second-order valence-electron chi connectivity index (χ2n) is 5.32. The van der Waals surface area contributed by atoms with E-state index in [1.807, 2.05) is 6.92 Å². The molecule has 0 spiro atoms. The fraction of sp³-hybridized carbons (Fsp3) is 0.500. The Morgan fingerprint density at radius 3 is 2.44 bits per heavy atom. The van der Waals surface area contributed by atoms with Gasteiger partial charge < -0.3 is 5.32 Å². The number of carbonyl (C=O) groups is 1. The van der Waals surface area contributed by atoms with E-state index >= 15 is 0 Å². The van der Waals surface area contributed by atoms with Crippen LogP contribution in [0.3, 0.4) is 0 Å². The van der Waals surface area contributed by atoms with Crippen LogP contribution >= 0.6 is 0 Å². The number of nitrogens with one attached hydrogen (secondary N) is 1. The van der Waals surface area contributed by atoms with Crippen molar-refractivity contribution in [2.24, 2.45) is 5.92 Å². The summed E-state index contributed by atoms with van der Waals surface area (Å²) >= 11 is 0. The van der Waals surface area contributed by atoms with Crippen LogP contribution in [0.4, 0.5) is 5.69 Å². The molecule has 1 aliphatic rings. The summed E-state index contributed by atoms with van der Waals surface area (Å²) in [5.74, 6) is 0.432. The summed E-state index contributed by atoms with van der Waals surface area (Å²) in [4.78, 5) is 12.1. The maximum absolute atomic E-state index is 12.1. The van der Waals surface area contributed by atoms with E-state index in [0.717, 1.165) is 16.8 Å². The zero-order valence-electron chi connectivity index (χ0n) is 10.6. The third-order valence-electron chi connectivity index (χ3n) is 3.90. The van der Waals surface area contributed by atoms with Crippen molar-refractivity contribution in [2.45, 2.75) is 40.0 Å². The minimum Gasteiger partial charge on any atom is -0.325 e. The largest absolute Gasteiger partial charge is 0.325 e. The molecule has 2 nitrogen and oxygen atoms in total. The number of rotatable bonds is 1. The van der Waals surface area contributed by atoms with Crippen LogP contribution < -0.4 is 5.32 Å². The Labute approximate surface area is 97.1 Å². The number of carbonyl (C=O) groups excluding carboxylic acids is 1. The van der Waals surface area contributed by atoms with Crippen molar-refractivity contribution >= 4 is 11.6 Å². The van der Waals surface area contributed by atoms with Gasteiger partial charge in [-0.15, -0.1) is 0 Å². The molecule has 1 atom stereocenters. The van der Waals surface area contributed by atoms with Crippen molar-refractivity contribution < 1.29 is 4.79 Å². The highest BCUT2D eigenvalue weighted by Gasteiger charge is 2.45. The maximum atomic E-state index is 12.1. The van der Waals surface area contributed by atoms with E-state index in [-0.39, 0.29) is 11.3 Å². The van der Waals surface area contributed by atoms with E-state index < -0.39 is 0 Å². The number of fused-ring (bicyclic) bond motifs is 1. The first-order chi connectivity index (χ1) is 7.37. The summed E-state index contributed by atoms with van der Waals surface area (Å²) in [6.45, 7) is 10.4. The molecule has 1 N–H and O–H groups in total. The molecular formula is C14H19NO. The number of benzene rings is 1. The second-order valence-corrected chi connectivity index (χ2v) is 5.32. The highest BCUT2D eigenvalue weighted by Crippen LogP contribution is 2.44. The molecule has 0 aliphatic carbocycles. The van der Waals surface area contributed by atoms with Crippen LogP contribution in [-0.2, 0) is 10.2 Å². The summed E-state index contributed by atoms with van der Waals surface area (Å²) < 4.78 is 0. The van der Waals surface area contributed by atoms with Gasteiger partial charge in [0.15, 0.2) is 0 Å². The Bertz CT molecular complexity index is 462. The highest BCUT2D eigenvalue weighted by molar-refractivity contribution is 6.07. The molecule has 2 heteroatoms. The van der Waals surface area contributed by atoms with Crippen molar-refractivity contribution in [2.75, 3.05) is 5.32 Å². The number of amides is 1. The van der Waals surface area contributed by atoms with Crippen LogP contribution in [0.5, 0.6) is 0 Å². The molecule has 1 aliphatic heterocycles. The molecule has 0 aromatic heterocycles. The van der Waals surface area contributed by atoms with Crippen LogP contribution in [0.2, 0.25) is 0 Å². The molecule has 0 radical (unpaired) electrons. The number of aryl methyl sites for hydroxylation is 2. The fourth-order valence-corrected chi connectivity index (χ4v) is 2.48. The summed E-state index contributed by atoms with van der Waals surface area (Å²) in [7, 11) is 0. The molecule has 1 amide bonds. The van der Waals surface area contributed by atoms with E-state index in [2.05, 4.69) is 45.1 Å². The molecule has 0 fully saturated rings. The summed E-state index contributed by atoms with van der Waals surface area (Å²) in [6, 6.07) is 4.26. The molecule has 2 rings (SSSR count). The van der Waals surface area contributed by atoms with E-state index in [1.54, 1.807) is 0 Å². The molecular weight excluding hydrogens is 198 g/mol. The summed E-state index contributed by atoms with van der Waals surface area (Å²) in [5, 5.41) is 3.03. The predicted molar refractivity (Wildman–Crippen MR) is 66.7 cm³/mol. The van der Waals surface area contributed by atoms with Gasteiger partial charge in [0.05, 0.1) is 5.41 Å². The van der Waals surface area contributed by atoms with Crippen LogP contribution in [0.25, 0.3) is 0 Å². The third-order valence-corrected chi connectivity index (χ3v) is 3.90. The summed E-state index contributed by atoms with van der Waals surface area (Å²) in [5.41, 5.74) is 4.18. The molecule has 0 bridgehead atoms. The number of hydrogen-bond acceptors (Lipinski definition) is 1. The molecule has 16 heavy (non-hydrogen) atoms. The molecule has 1 heterocycles. The Balaban J connectivity index is 2.70. The van der Waals surface area contributed by atoms with Crippen molar-refractivity contribution in [3.05, 3.63) is 28.8 Å². The topological polar surface area (TPSA) is 29.1 Å². The average molecular weight is 217 g/mol. The normalized spacial score (nSPS) is 23.5. The van der Waals surface area contributed by atoms with Gasteiger partial charge >= 0.3 is 0 Å². The minimum absolute atomic E-state index is 0.131. The lowest BCUT2D eigenvalue weighted by Gasteiger charge is -2.27. The lowest BCUT2D eigenvalue weighted by atomic mass is 9.74. The second kappa shape index (κ2) is 3.34. The van der Waals surface area contributed by atoms with Gasteiger partial charge in [0, 0.05) is 5.69 Å². The van der Waals surface area contributed by atoms with Crippen LogP contribution in [0.15, 0.2) is 12.1 Å². The van der Waals surface area contributed by atoms with Crippen LogP contribution in [0.1, 0.15) is 37.5 Å². The van der Waals surface area contributed by atoms with Crippen LogP contribution in [-0.4, -0.2) is 5.91 Å². The number of anilines is 1. The zero-order valence-corrected chi connectivity index (χ0v) is 10.6. The zero-order chi connectivity index (χ0) is 12.1. The van der Waals surface area contributed by atoms with Gasteiger partial charge in [-0.05, 0) is 37.8 Å². The van der Waals surface area contributed by atoms with E-state index in [9.17, 15) is 4.79 Å². The first kappa shape index (κ1) is 11.2. The molecule has 1 unspecified atom stereocenters. The lowest BCUT2D eigenvalue weighted by molar-refractivity contribution is -0.121. The van der Waals surface area contributed by atoms with Crippen molar-refractivity contribution in [1.29, 1.82) is 0 Å². The van der Waals surface area contributed by atoms with Crippen molar-refractivity contribution in [1.82, 2.24) is 0 Å². The van der Waals surface area contributed by atoms with Gasteiger partial charge in [0.1, 0.15) is 0 Å². The van der Waals surface area contributed by atoms with E-state index in [1.165, 1.54) is 5.56 Å². The molecule has 1 aromatic rings. The molecule has 0 saturated carbocycles. The first-order valence-electron chi connectivity index (χ1n) is 5.80. The molecule has 0 saturated heterocycles. The van der Waals surface area contributed by atoms with Crippen molar-refractivity contribution in [3.8, 4) is 0 Å². The van der Waals surface area contributed by atoms with E-state index in [0.29, 0.717) is 5.92 Å². The Morgan fingerprint density at radius 2 is 1.88 bits per heavy atom. The highest BCUT2D eigenvalue weighted by atomic mass is 16.2. The van der Waals surface area contributed by atoms with Gasteiger partial charge in [-0.25, -0.2) is 0 Å². The monoisotopic (exact) mass is 217 g/mol. The van der Waals surface area contributed by atoms with E-state index in [4.69, 9.17) is 0 Å². The van der Waals surface area contributed by atoms with Gasteiger partial charge in [0.25, 0.3) is 0 Å². The Hall–Kier alpha value is -1.31. The quantitative estimate of drug-likeness (QED) is 0.769. The maximum Gasteiger partial charge on any atom is 0.235 e. The van der Waals surface area contributed by atoms with Gasteiger partial charge in [-0.3, -0.25) is 4.79 Å². The van der Waals surface area contributed by atoms with Crippen LogP contribution in [0, 0.1) is 19.8 Å². The lowest BCUT2D eigenvalue weighted by Crippen LogP contribution is -2.36. The Kier molecular flexibility index (Phi) is 2.33. The summed E-state index contributed by atoms with van der Waals surface area (Å²) in [6.07, 6.45) is 0. The SMILES string of the molecule is Cc1cc(C)c2c(c1)C(C)(C(C)C)C(=O)N2. The van der Waals surface area contributed by atoms with Gasteiger partial charge in [0.2, 0.25) is 5.91 Å². The number of hydrogen-bond donors (Lipinski definition) is 1. The minimum atomic E-state index is -0.383. The average Bonchev–Trinajstić information content (AvgIpc) is 2.43. The Morgan fingerprint density at radius 1 is 1.25 bits per heavy atom. The fourth-order valence-electron chi connectivity index (χ4n) is 2.48. The predicted octanol–water partition coefficient (Wildman–Crippen LogP) is 3.17. The van der Waals surface area contributed by atoms with Crippen molar-refractivity contribution in [3.63, 3.8) is 0 Å².